The molecule has 0 saturated carbocycles. The molecule has 0 aliphatic rings. The molecular formula is C15H14N2O2S. The maximum atomic E-state index is 12.1. The molecule has 0 unspecified atom stereocenters. The molecule has 0 aliphatic carbocycles. The molecule has 0 aliphatic heterocycles. The summed E-state index contributed by atoms with van der Waals surface area (Å²) in [5.41, 5.74) is 0.815. The van der Waals surface area contributed by atoms with Gasteiger partial charge in [-0.1, -0.05) is 17.9 Å². The summed E-state index contributed by atoms with van der Waals surface area (Å²) < 4.78 is 0. The summed E-state index contributed by atoms with van der Waals surface area (Å²) in [5, 5.41) is 13.6. The number of thiophene rings is 1. The van der Waals surface area contributed by atoms with Crippen molar-refractivity contribution in [1.29, 1.82) is 0 Å². The number of hydrogen-bond donors (Lipinski definition) is 2. The van der Waals surface area contributed by atoms with Crippen LogP contribution in [-0.4, -0.2) is 29.1 Å². The van der Waals surface area contributed by atoms with Gasteiger partial charge < -0.3 is 10.4 Å². The SMILES string of the molecule is O=C(NCCc1cccs1)c1ncccc1C#CCO. The van der Waals surface area contributed by atoms with E-state index in [0.29, 0.717) is 17.8 Å². The Kier molecular flexibility index (Phi) is 5.30. The number of nitrogens with one attached hydrogen (secondary N) is 1. The highest BCUT2D eigenvalue weighted by molar-refractivity contribution is 7.09. The molecule has 0 bridgehead atoms. The molecule has 2 N–H and O–H groups in total. The number of aromatic nitrogens is 1. The van der Waals surface area contributed by atoms with Crippen molar-refractivity contribution in [3.05, 3.63) is 52.0 Å². The van der Waals surface area contributed by atoms with E-state index in [1.807, 2.05) is 17.5 Å². The van der Waals surface area contributed by atoms with Gasteiger partial charge in [0.15, 0.2) is 0 Å². The Hall–Kier alpha value is -2.16. The lowest BCUT2D eigenvalue weighted by Gasteiger charge is -2.05. The average molecular weight is 286 g/mol. The van der Waals surface area contributed by atoms with Crippen molar-refractivity contribution in [2.24, 2.45) is 0 Å². The number of carbonyl (C=O) groups excluding carboxylic acids is 1. The van der Waals surface area contributed by atoms with Crippen LogP contribution in [0.2, 0.25) is 0 Å². The predicted octanol–water partition coefficient (Wildman–Crippen LogP) is 1.46. The van der Waals surface area contributed by atoms with Crippen molar-refractivity contribution in [2.45, 2.75) is 6.42 Å². The lowest BCUT2D eigenvalue weighted by molar-refractivity contribution is 0.0949. The Morgan fingerprint density at radius 2 is 2.30 bits per heavy atom. The van der Waals surface area contributed by atoms with Gasteiger partial charge in [0.2, 0.25) is 0 Å². The first-order valence-corrected chi connectivity index (χ1v) is 7.04. The van der Waals surface area contributed by atoms with Crippen LogP contribution in [0.1, 0.15) is 20.9 Å². The highest BCUT2D eigenvalue weighted by atomic mass is 32.1. The Bertz CT molecular complexity index is 627. The molecule has 0 fully saturated rings. The number of pyridine rings is 1. The lowest BCUT2D eigenvalue weighted by Crippen LogP contribution is -2.27. The van der Waals surface area contributed by atoms with Crippen molar-refractivity contribution in [1.82, 2.24) is 10.3 Å². The number of rotatable bonds is 4. The van der Waals surface area contributed by atoms with Crippen LogP contribution in [0.15, 0.2) is 35.8 Å². The molecule has 0 saturated heterocycles. The van der Waals surface area contributed by atoms with Crippen LogP contribution in [0.4, 0.5) is 0 Å². The van der Waals surface area contributed by atoms with Gasteiger partial charge in [-0.15, -0.1) is 11.3 Å². The second-order valence-corrected chi connectivity index (χ2v) is 4.98. The summed E-state index contributed by atoms with van der Waals surface area (Å²) in [6.45, 7) is 0.317. The topological polar surface area (TPSA) is 62.2 Å². The summed E-state index contributed by atoms with van der Waals surface area (Å²) in [4.78, 5) is 17.3. The van der Waals surface area contributed by atoms with Gasteiger partial charge in [0.1, 0.15) is 12.3 Å². The van der Waals surface area contributed by atoms with E-state index in [-0.39, 0.29) is 12.5 Å². The van der Waals surface area contributed by atoms with Crippen LogP contribution >= 0.6 is 11.3 Å². The minimum atomic E-state index is -0.246. The van der Waals surface area contributed by atoms with Gasteiger partial charge in [-0.3, -0.25) is 4.79 Å². The quantitative estimate of drug-likeness (QED) is 0.837. The summed E-state index contributed by atoms with van der Waals surface area (Å²) in [6.07, 6.45) is 2.35. The van der Waals surface area contributed by atoms with E-state index in [9.17, 15) is 4.79 Å². The summed E-state index contributed by atoms with van der Waals surface area (Å²) in [5.74, 6) is 5.01. The van der Waals surface area contributed by atoms with Crippen molar-refractivity contribution >= 4 is 17.2 Å². The van der Waals surface area contributed by atoms with Crippen LogP contribution in [0, 0.1) is 11.8 Å². The van der Waals surface area contributed by atoms with Gasteiger partial charge in [-0.2, -0.15) is 0 Å². The van der Waals surface area contributed by atoms with Crippen molar-refractivity contribution in [3.63, 3.8) is 0 Å². The van der Waals surface area contributed by atoms with Crippen LogP contribution in [0.3, 0.4) is 0 Å². The smallest absolute Gasteiger partial charge is 0.271 e. The lowest BCUT2D eigenvalue weighted by atomic mass is 10.2. The molecule has 4 nitrogen and oxygen atoms in total. The van der Waals surface area contributed by atoms with Crippen LogP contribution in [0.5, 0.6) is 0 Å². The zero-order valence-electron chi connectivity index (χ0n) is 10.8. The van der Waals surface area contributed by atoms with Crippen LogP contribution < -0.4 is 5.32 Å². The van der Waals surface area contributed by atoms with Gasteiger partial charge in [0.05, 0.1) is 5.56 Å². The van der Waals surface area contributed by atoms with E-state index in [2.05, 4.69) is 22.1 Å². The molecular weight excluding hydrogens is 272 g/mol. The Balaban J connectivity index is 1.98. The van der Waals surface area contributed by atoms with E-state index in [1.54, 1.807) is 29.7 Å². The van der Waals surface area contributed by atoms with Gasteiger partial charge >= 0.3 is 0 Å². The normalized spacial score (nSPS) is 9.65. The van der Waals surface area contributed by atoms with Crippen LogP contribution in [-0.2, 0) is 6.42 Å². The molecule has 20 heavy (non-hydrogen) atoms. The number of amides is 1. The van der Waals surface area contributed by atoms with Gasteiger partial charge in [-0.05, 0) is 30.0 Å². The predicted molar refractivity (Wildman–Crippen MR) is 78.6 cm³/mol. The Labute approximate surface area is 121 Å². The fourth-order valence-corrected chi connectivity index (χ4v) is 2.37. The summed E-state index contributed by atoms with van der Waals surface area (Å²) in [7, 11) is 0. The fourth-order valence-electron chi connectivity index (χ4n) is 1.66. The highest BCUT2D eigenvalue weighted by Gasteiger charge is 2.10. The Morgan fingerprint density at radius 1 is 1.40 bits per heavy atom. The monoisotopic (exact) mass is 286 g/mol. The maximum Gasteiger partial charge on any atom is 0.271 e. The standard InChI is InChI=1S/C15H14N2O2S/c18-10-2-5-12-4-1-8-16-14(12)15(19)17-9-7-13-6-3-11-20-13/h1,3-4,6,8,11,18H,7,9-10H2,(H,17,19). The van der Waals surface area contributed by atoms with E-state index in [1.165, 1.54) is 4.88 Å². The molecule has 2 heterocycles. The van der Waals surface area contributed by atoms with Gasteiger partial charge in [-0.25, -0.2) is 4.98 Å². The molecule has 0 radical (unpaired) electrons. The minimum absolute atomic E-state index is 0.242. The molecule has 0 aromatic carbocycles. The first-order valence-electron chi connectivity index (χ1n) is 6.16. The van der Waals surface area contributed by atoms with E-state index >= 15 is 0 Å². The molecule has 1 amide bonds. The molecule has 0 atom stereocenters. The number of aliphatic hydroxyl groups excluding tert-OH is 1. The van der Waals surface area contributed by atoms with E-state index in [4.69, 9.17) is 5.11 Å². The zero-order valence-corrected chi connectivity index (χ0v) is 11.6. The van der Waals surface area contributed by atoms with Crippen molar-refractivity contribution < 1.29 is 9.90 Å². The highest BCUT2D eigenvalue weighted by Crippen LogP contribution is 2.08. The average Bonchev–Trinajstić information content (AvgIpc) is 2.98. The van der Waals surface area contributed by atoms with E-state index < -0.39 is 0 Å². The minimum Gasteiger partial charge on any atom is -0.384 e. The zero-order chi connectivity index (χ0) is 14.2. The molecule has 5 heteroatoms. The van der Waals surface area contributed by atoms with Gasteiger partial charge in [0.25, 0.3) is 5.91 Å². The van der Waals surface area contributed by atoms with E-state index in [0.717, 1.165) is 6.42 Å². The third kappa shape index (κ3) is 3.92. The van der Waals surface area contributed by atoms with Crippen LogP contribution in [0.25, 0.3) is 0 Å². The number of carbonyl (C=O) groups is 1. The number of aliphatic hydroxyl groups is 1. The second kappa shape index (κ2) is 7.43. The molecule has 2 aromatic heterocycles. The number of hydrogen-bond acceptors (Lipinski definition) is 4. The maximum absolute atomic E-state index is 12.1. The fraction of sp³-hybridized carbons (Fsp3) is 0.200. The van der Waals surface area contributed by atoms with Gasteiger partial charge in [0, 0.05) is 17.6 Å². The molecule has 0 spiro atoms. The third-order valence-corrected chi connectivity index (χ3v) is 3.50. The van der Waals surface area contributed by atoms with Crippen molar-refractivity contribution in [3.8, 4) is 11.8 Å². The first-order chi connectivity index (χ1) is 9.81. The third-order valence-electron chi connectivity index (χ3n) is 2.56. The summed E-state index contributed by atoms with van der Waals surface area (Å²) >= 11 is 1.67. The number of nitrogens with zero attached hydrogens (tertiary/aromatic N) is 1. The second-order valence-electron chi connectivity index (χ2n) is 3.94. The molecule has 2 aromatic rings. The molecule has 102 valence electrons. The summed E-state index contributed by atoms with van der Waals surface area (Å²) in [6, 6.07) is 7.45. The molecule has 2 rings (SSSR count). The Morgan fingerprint density at radius 3 is 3.05 bits per heavy atom. The first kappa shape index (κ1) is 14.3. The van der Waals surface area contributed by atoms with Crippen molar-refractivity contribution in [2.75, 3.05) is 13.2 Å². The largest absolute Gasteiger partial charge is 0.384 e.